The van der Waals surface area contributed by atoms with Gasteiger partial charge in [0.15, 0.2) is 0 Å². The van der Waals surface area contributed by atoms with E-state index in [2.05, 4.69) is 23.4 Å². The molecule has 1 aromatic rings. The van der Waals surface area contributed by atoms with E-state index in [1.165, 1.54) is 18.4 Å². The van der Waals surface area contributed by atoms with E-state index in [1.54, 1.807) is 4.68 Å². The summed E-state index contributed by atoms with van der Waals surface area (Å²) in [6.07, 6.45) is 7.01. The number of hydrogen-bond acceptors (Lipinski definition) is 2. The number of aryl methyl sites for hydroxylation is 2. The summed E-state index contributed by atoms with van der Waals surface area (Å²) in [6.45, 7) is 5.27. The van der Waals surface area contributed by atoms with Crippen LogP contribution in [0.2, 0.25) is 5.15 Å². The van der Waals surface area contributed by atoms with Crippen molar-refractivity contribution in [3.8, 4) is 0 Å². The molecule has 1 heterocycles. The molecular formula is C14H22ClN3. The molecule has 18 heavy (non-hydrogen) atoms. The maximum absolute atomic E-state index is 6.23. The molecule has 1 saturated carbocycles. The summed E-state index contributed by atoms with van der Waals surface area (Å²) in [5.41, 5.74) is 3.56. The van der Waals surface area contributed by atoms with Gasteiger partial charge in [0.1, 0.15) is 5.15 Å². The van der Waals surface area contributed by atoms with E-state index in [-0.39, 0.29) is 0 Å². The van der Waals surface area contributed by atoms with E-state index in [4.69, 9.17) is 11.6 Å². The minimum Gasteiger partial charge on any atom is -0.314 e. The maximum Gasteiger partial charge on any atom is 0.130 e. The van der Waals surface area contributed by atoms with Crippen molar-refractivity contribution < 1.29 is 0 Å². The molecule has 0 spiro atoms. The van der Waals surface area contributed by atoms with Crippen molar-refractivity contribution in [3.63, 3.8) is 0 Å². The fraction of sp³-hybridized carbons (Fsp3) is 0.643. The molecule has 2 rings (SSSR count). The average Bonchev–Trinajstić information content (AvgIpc) is 3.10. The molecule has 0 atom stereocenters. The van der Waals surface area contributed by atoms with Gasteiger partial charge in [0.2, 0.25) is 0 Å². The molecule has 0 aromatic carbocycles. The molecule has 3 nitrogen and oxygen atoms in total. The lowest BCUT2D eigenvalue weighted by atomic mass is 10.1. The van der Waals surface area contributed by atoms with Crippen molar-refractivity contribution in [1.82, 2.24) is 15.1 Å². The molecule has 1 aliphatic rings. The van der Waals surface area contributed by atoms with Gasteiger partial charge in [-0.25, -0.2) is 0 Å². The van der Waals surface area contributed by atoms with Crippen LogP contribution < -0.4 is 5.32 Å². The van der Waals surface area contributed by atoms with E-state index in [0.717, 1.165) is 41.8 Å². The quantitative estimate of drug-likeness (QED) is 0.634. The highest BCUT2D eigenvalue weighted by Crippen LogP contribution is 2.22. The first-order chi connectivity index (χ1) is 8.58. The minimum atomic E-state index is 0.761. The Hall–Kier alpha value is -0.800. The SMILES string of the molecule is CC(=CCCNC1CC1)Cc1c(C)nn(C)c1Cl. The van der Waals surface area contributed by atoms with Gasteiger partial charge in [0.25, 0.3) is 0 Å². The largest absolute Gasteiger partial charge is 0.314 e. The summed E-state index contributed by atoms with van der Waals surface area (Å²) >= 11 is 6.23. The summed E-state index contributed by atoms with van der Waals surface area (Å²) in [6, 6.07) is 0.800. The average molecular weight is 268 g/mol. The molecule has 0 amide bonds. The third-order valence-electron chi connectivity index (χ3n) is 3.37. The van der Waals surface area contributed by atoms with Crippen LogP contribution in [0.4, 0.5) is 0 Å². The summed E-state index contributed by atoms with van der Waals surface area (Å²) < 4.78 is 1.74. The van der Waals surface area contributed by atoms with Crippen LogP contribution in [0.15, 0.2) is 11.6 Å². The summed E-state index contributed by atoms with van der Waals surface area (Å²) in [5, 5.41) is 8.61. The van der Waals surface area contributed by atoms with Crippen molar-refractivity contribution in [2.75, 3.05) is 6.54 Å². The van der Waals surface area contributed by atoms with Gasteiger partial charge in [-0.3, -0.25) is 4.68 Å². The highest BCUT2D eigenvalue weighted by atomic mass is 35.5. The molecular weight excluding hydrogens is 246 g/mol. The van der Waals surface area contributed by atoms with Gasteiger partial charge in [-0.2, -0.15) is 5.10 Å². The van der Waals surface area contributed by atoms with E-state index in [0.29, 0.717) is 0 Å². The first-order valence-corrected chi connectivity index (χ1v) is 7.02. The van der Waals surface area contributed by atoms with Gasteiger partial charge < -0.3 is 5.32 Å². The Morgan fingerprint density at radius 3 is 2.83 bits per heavy atom. The first-order valence-electron chi connectivity index (χ1n) is 6.65. The van der Waals surface area contributed by atoms with Crippen LogP contribution >= 0.6 is 11.6 Å². The first kappa shape index (κ1) is 13.6. The molecule has 0 radical (unpaired) electrons. The van der Waals surface area contributed by atoms with Crippen LogP contribution in [0.5, 0.6) is 0 Å². The Kier molecular flexibility index (Phi) is 4.46. The Morgan fingerprint density at radius 2 is 2.28 bits per heavy atom. The number of nitrogens with one attached hydrogen (secondary N) is 1. The van der Waals surface area contributed by atoms with Gasteiger partial charge in [-0.15, -0.1) is 0 Å². The van der Waals surface area contributed by atoms with Gasteiger partial charge in [0.05, 0.1) is 5.69 Å². The van der Waals surface area contributed by atoms with E-state index >= 15 is 0 Å². The second kappa shape index (κ2) is 5.89. The van der Waals surface area contributed by atoms with Gasteiger partial charge in [-0.1, -0.05) is 23.3 Å². The number of halogens is 1. The van der Waals surface area contributed by atoms with Crippen LogP contribution in [0.3, 0.4) is 0 Å². The third kappa shape index (κ3) is 3.59. The van der Waals surface area contributed by atoms with Gasteiger partial charge in [-0.05, 0) is 46.1 Å². The number of hydrogen-bond donors (Lipinski definition) is 1. The smallest absolute Gasteiger partial charge is 0.130 e. The molecule has 1 aliphatic carbocycles. The van der Waals surface area contributed by atoms with Crippen molar-refractivity contribution in [1.29, 1.82) is 0 Å². The Morgan fingerprint density at radius 1 is 1.56 bits per heavy atom. The monoisotopic (exact) mass is 267 g/mol. The molecule has 100 valence electrons. The van der Waals surface area contributed by atoms with E-state index in [1.807, 2.05) is 14.0 Å². The van der Waals surface area contributed by atoms with Crippen molar-refractivity contribution in [2.45, 2.75) is 45.6 Å². The Labute approximate surface area is 114 Å². The zero-order chi connectivity index (χ0) is 13.1. The standard InChI is InChI=1S/C14H22ClN3/c1-10(5-4-8-16-12-6-7-12)9-13-11(2)17-18(3)14(13)15/h5,12,16H,4,6-9H2,1-3H3. The normalized spacial score (nSPS) is 16.3. The lowest BCUT2D eigenvalue weighted by Gasteiger charge is -2.03. The number of nitrogens with zero attached hydrogens (tertiary/aromatic N) is 2. The summed E-state index contributed by atoms with van der Waals surface area (Å²) in [7, 11) is 1.89. The molecule has 0 saturated heterocycles. The van der Waals surface area contributed by atoms with Crippen LogP contribution in [0, 0.1) is 6.92 Å². The number of allylic oxidation sites excluding steroid dienone is 1. The lowest BCUT2D eigenvalue weighted by Crippen LogP contribution is -2.16. The van der Waals surface area contributed by atoms with Crippen LogP contribution in [0.1, 0.15) is 37.4 Å². The topological polar surface area (TPSA) is 29.9 Å². The second-order valence-corrected chi connectivity index (χ2v) is 5.58. The second-order valence-electron chi connectivity index (χ2n) is 5.22. The molecule has 1 fully saturated rings. The zero-order valence-corrected chi connectivity index (χ0v) is 12.2. The Bertz CT molecular complexity index is 444. The van der Waals surface area contributed by atoms with Crippen LogP contribution in [-0.2, 0) is 13.5 Å². The van der Waals surface area contributed by atoms with Crippen LogP contribution in [0.25, 0.3) is 0 Å². The van der Waals surface area contributed by atoms with Crippen LogP contribution in [-0.4, -0.2) is 22.4 Å². The van der Waals surface area contributed by atoms with Crippen molar-refractivity contribution in [3.05, 3.63) is 28.1 Å². The number of rotatable bonds is 6. The number of aromatic nitrogens is 2. The molecule has 0 bridgehead atoms. The zero-order valence-electron chi connectivity index (χ0n) is 11.5. The molecule has 4 heteroatoms. The highest BCUT2D eigenvalue weighted by molar-refractivity contribution is 6.30. The maximum atomic E-state index is 6.23. The fourth-order valence-electron chi connectivity index (χ4n) is 2.12. The molecule has 0 unspecified atom stereocenters. The Balaban J connectivity index is 1.84. The predicted octanol–water partition coefficient (Wildman–Crippen LogP) is 3.01. The van der Waals surface area contributed by atoms with E-state index in [9.17, 15) is 0 Å². The van der Waals surface area contributed by atoms with Crippen molar-refractivity contribution in [2.24, 2.45) is 7.05 Å². The van der Waals surface area contributed by atoms with Gasteiger partial charge >= 0.3 is 0 Å². The summed E-state index contributed by atoms with van der Waals surface area (Å²) in [4.78, 5) is 0. The molecule has 1 N–H and O–H groups in total. The third-order valence-corrected chi connectivity index (χ3v) is 3.85. The fourth-order valence-corrected chi connectivity index (χ4v) is 2.36. The van der Waals surface area contributed by atoms with E-state index < -0.39 is 0 Å². The predicted molar refractivity (Wildman–Crippen MR) is 76.1 cm³/mol. The molecule has 1 aromatic heterocycles. The lowest BCUT2D eigenvalue weighted by molar-refractivity contribution is 0.688. The van der Waals surface area contributed by atoms with Gasteiger partial charge in [0, 0.05) is 18.7 Å². The highest BCUT2D eigenvalue weighted by Gasteiger charge is 2.19. The minimum absolute atomic E-state index is 0.761. The van der Waals surface area contributed by atoms with Crippen molar-refractivity contribution >= 4 is 11.6 Å². The summed E-state index contributed by atoms with van der Waals surface area (Å²) in [5.74, 6) is 0. The molecule has 0 aliphatic heterocycles.